The summed E-state index contributed by atoms with van der Waals surface area (Å²) in [7, 11) is -3.51. The molecule has 4 rings (SSSR count). The largest absolute Gasteiger partial charge is 0.308 e. The highest BCUT2D eigenvalue weighted by Gasteiger charge is 2.26. The summed E-state index contributed by atoms with van der Waals surface area (Å²) in [6.45, 7) is 0.814. The van der Waals surface area contributed by atoms with Crippen LogP contribution in [-0.2, 0) is 23.0 Å². The Hall–Kier alpha value is -2.48. The Morgan fingerprint density at radius 3 is 2.63 bits per heavy atom. The lowest BCUT2D eigenvalue weighted by Crippen LogP contribution is -2.29. The minimum absolute atomic E-state index is 0.0364. The van der Waals surface area contributed by atoms with Crippen molar-refractivity contribution in [2.24, 2.45) is 0 Å². The van der Waals surface area contributed by atoms with Gasteiger partial charge in [-0.05, 0) is 47.2 Å². The van der Waals surface area contributed by atoms with Crippen LogP contribution in [0.1, 0.15) is 21.5 Å². The van der Waals surface area contributed by atoms with Gasteiger partial charge in [-0.15, -0.1) is 11.3 Å². The molecule has 7 heteroatoms. The summed E-state index contributed by atoms with van der Waals surface area (Å²) in [6, 6.07) is 18.3. The number of hydrogen-bond acceptors (Lipinski definition) is 4. The average molecular weight is 399 g/mol. The molecule has 0 unspecified atom stereocenters. The molecule has 2 aromatic carbocycles. The topological polar surface area (TPSA) is 66.5 Å². The van der Waals surface area contributed by atoms with Gasteiger partial charge in [-0.3, -0.25) is 4.79 Å². The molecule has 0 aliphatic carbocycles. The zero-order chi connectivity index (χ0) is 18.9. The highest BCUT2D eigenvalue weighted by molar-refractivity contribution is 7.91. The van der Waals surface area contributed by atoms with Crippen molar-refractivity contribution < 1.29 is 13.2 Å². The molecule has 138 valence electrons. The first-order valence-corrected chi connectivity index (χ1v) is 10.9. The van der Waals surface area contributed by atoms with Gasteiger partial charge < -0.3 is 4.90 Å². The molecule has 0 fully saturated rings. The van der Waals surface area contributed by atoms with E-state index in [1.54, 1.807) is 34.5 Å². The monoisotopic (exact) mass is 398 g/mol. The van der Waals surface area contributed by atoms with Crippen LogP contribution in [0.2, 0.25) is 0 Å². The van der Waals surface area contributed by atoms with E-state index < -0.39 is 10.0 Å². The maximum Gasteiger partial charge on any atom is 0.258 e. The molecule has 0 spiro atoms. The third kappa shape index (κ3) is 3.66. The van der Waals surface area contributed by atoms with Crippen molar-refractivity contribution >= 4 is 33.0 Å². The molecule has 0 atom stereocenters. The number of amides is 1. The molecule has 1 amide bonds. The second-order valence-electron chi connectivity index (χ2n) is 6.29. The Morgan fingerprint density at radius 2 is 1.89 bits per heavy atom. The molecule has 0 bridgehead atoms. The van der Waals surface area contributed by atoms with Crippen LogP contribution in [0.5, 0.6) is 0 Å². The second kappa shape index (κ2) is 7.26. The van der Waals surface area contributed by atoms with Crippen LogP contribution in [-0.4, -0.2) is 20.9 Å². The molecule has 0 saturated carbocycles. The van der Waals surface area contributed by atoms with E-state index in [-0.39, 0.29) is 12.5 Å². The van der Waals surface area contributed by atoms with E-state index in [1.807, 2.05) is 36.4 Å². The number of carbonyl (C=O) groups is 1. The van der Waals surface area contributed by atoms with Crippen LogP contribution < -0.4 is 9.62 Å². The number of carbonyl (C=O) groups excluding carboxylic acids is 1. The predicted octanol–water partition coefficient (Wildman–Crippen LogP) is 3.43. The van der Waals surface area contributed by atoms with E-state index in [2.05, 4.69) is 4.72 Å². The SMILES string of the molecule is O=C(c1ccccc1)N1CCc2ccc(CNS(=O)(=O)c3cccs3)cc21. The average Bonchev–Trinajstić information content (AvgIpc) is 3.37. The van der Waals surface area contributed by atoms with Crippen LogP contribution in [0.3, 0.4) is 0 Å². The van der Waals surface area contributed by atoms with Crippen LogP contribution in [0.15, 0.2) is 70.3 Å². The minimum Gasteiger partial charge on any atom is -0.308 e. The Labute approximate surface area is 162 Å². The Kier molecular flexibility index (Phi) is 4.82. The van der Waals surface area contributed by atoms with E-state index in [0.717, 1.165) is 23.2 Å². The maximum absolute atomic E-state index is 12.8. The zero-order valence-electron chi connectivity index (χ0n) is 14.5. The van der Waals surface area contributed by atoms with E-state index >= 15 is 0 Å². The molecule has 0 radical (unpaired) electrons. The first-order valence-electron chi connectivity index (χ1n) is 8.56. The molecule has 0 saturated heterocycles. The van der Waals surface area contributed by atoms with Gasteiger partial charge >= 0.3 is 0 Å². The van der Waals surface area contributed by atoms with Crippen molar-refractivity contribution in [3.05, 3.63) is 82.7 Å². The number of fused-ring (bicyclic) bond motifs is 1. The third-order valence-corrected chi connectivity index (χ3v) is 7.34. The summed E-state index contributed by atoms with van der Waals surface area (Å²) < 4.78 is 27.5. The van der Waals surface area contributed by atoms with Gasteiger partial charge in [0.15, 0.2) is 0 Å². The summed E-state index contributed by atoms with van der Waals surface area (Å²) >= 11 is 1.18. The number of sulfonamides is 1. The third-order valence-electron chi connectivity index (χ3n) is 4.54. The molecule has 1 aromatic heterocycles. The lowest BCUT2D eigenvalue weighted by molar-refractivity contribution is 0.0989. The van der Waals surface area contributed by atoms with Gasteiger partial charge in [0.2, 0.25) is 10.0 Å². The second-order valence-corrected chi connectivity index (χ2v) is 9.23. The first kappa shape index (κ1) is 17.9. The summed E-state index contributed by atoms with van der Waals surface area (Å²) in [6.07, 6.45) is 0.801. The fourth-order valence-electron chi connectivity index (χ4n) is 3.15. The summed E-state index contributed by atoms with van der Waals surface area (Å²) in [5, 5.41) is 1.73. The van der Waals surface area contributed by atoms with Gasteiger partial charge in [-0.2, -0.15) is 0 Å². The predicted molar refractivity (Wildman–Crippen MR) is 107 cm³/mol. The molecule has 2 heterocycles. The van der Waals surface area contributed by atoms with Crippen LogP contribution in [0.25, 0.3) is 0 Å². The summed E-state index contributed by atoms with van der Waals surface area (Å²) in [5.74, 6) is -0.0364. The number of nitrogens with zero attached hydrogens (tertiary/aromatic N) is 1. The standard InChI is InChI=1S/C20H18N2O3S2/c23-20(17-5-2-1-3-6-17)22-11-10-16-9-8-15(13-18(16)22)14-21-27(24,25)19-7-4-12-26-19/h1-9,12-13,21H,10-11,14H2. The number of anilines is 1. The molecule has 1 aliphatic heterocycles. The van der Waals surface area contributed by atoms with Gasteiger partial charge in [0.25, 0.3) is 5.91 Å². The van der Waals surface area contributed by atoms with Gasteiger partial charge in [0.05, 0.1) is 0 Å². The highest BCUT2D eigenvalue weighted by Crippen LogP contribution is 2.30. The number of hydrogen-bond donors (Lipinski definition) is 1. The van der Waals surface area contributed by atoms with Crippen molar-refractivity contribution in [1.29, 1.82) is 0 Å². The molecule has 5 nitrogen and oxygen atoms in total. The smallest absolute Gasteiger partial charge is 0.258 e. The van der Waals surface area contributed by atoms with Gasteiger partial charge in [-0.25, -0.2) is 13.1 Å². The van der Waals surface area contributed by atoms with Crippen LogP contribution >= 0.6 is 11.3 Å². The van der Waals surface area contributed by atoms with E-state index in [0.29, 0.717) is 16.3 Å². The number of benzene rings is 2. The zero-order valence-corrected chi connectivity index (χ0v) is 16.1. The highest BCUT2D eigenvalue weighted by atomic mass is 32.2. The molecule has 3 aromatic rings. The van der Waals surface area contributed by atoms with E-state index in [4.69, 9.17) is 0 Å². The van der Waals surface area contributed by atoms with Gasteiger partial charge in [-0.1, -0.05) is 36.4 Å². The maximum atomic E-state index is 12.8. The number of thiophene rings is 1. The molecular formula is C20H18N2O3S2. The normalized spacial score (nSPS) is 13.6. The Bertz CT molecular complexity index is 1060. The fraction of sp³-hybridized carbons (Fsp3) is 0.150. The van der Waals surface area contributed by atoms with Crippen molar-refractivity contribution in [1.82, 2.24) is 4.72 Å². The quantitative estimate of drug-likeness (QED) is 0.716. The van der Waals surface area contributed by atoms with Crippen molar-refractivity contribution in [3.8, 4) is 0 Å². The van der Waals surface area contributed by atoms with Crippen molar-refractivity contribution in [2.75, 3.05) is 11.4 Å². The van der Waals surface area contributed by atoms with Gasteiger partial charge in [0.1, 0.15) is 4.21 Å². The van der Waals surface area contributed by atoms with Gasteiger partial charge in [0, 0.05) is 24.3 Å². The van der Waals surface area contributed by atoms with Crippen LogP contribution in [0, 0.1) is 0 Å². The molecule has 1 N–H and O–H groups in total. The summed E-state index contributed by atoms with van der Waals surface area (Å²) in [5.41, 5.74) is 3.43. The fourth-order valence-corrected chi connectivity index (χ4v) is 5.20. The molecule has 27 heavy (non-hydrogen) atoms. The minimum atomic E-state index is -3.51. The lowest BCUT2D eigenvalue weighted by atomic mass is 10.1. The molecular weight excluding hydrogens is 380 g/mol. The Morgan fingerprint density at radius 1 is 1.07 bits per heavy atom. The summed E-state index contributed by atoms with van der Waals surface area (Å²) in [4.78, 5) is 14.6. The lowest BCUT2D eigenvalue weighted by Gasteiger charge is -2.18. The number of nitrogens with one attached hydrogen (secondary N) is 1. The Balaban J connectivity index is 1.54. The van der Waals surface area contributed by atoms with Crippen LogP contribution in [0.4, 0.5) is 5.69 Å². The number of rotatable bonds is 5. The molecule has 1 aliphatic rings. The van der Waals surface area contributed by atoms with Crippen molar-refractivity contribution in [2.45, 2.75) is 17.2 Å². The van der Waals surface area contributed by atoms with E-state index in [1.165, 1.54) is 11.3 Å². The van der Waals surface area contributed by atoms with E-state index in [9.17, 15) is 13.2 Å². The first-order chi connectivity index (χ1) is 13.0. The van der Waals surface area contributed by atoms with Crippen molar-refractivity contribution in [3.63, 3.8) is 0 Å².